The highest BCUT2D eigenvalue weighted by atomic mass is 79.9. The molecule has 4 atom stereocenters. The summed E-state index contributed by atoms with van der Waals surface area (Å²) in [7, 11) is 0. The lowest BCUT2D eigenvalue weighted by Crippen LogP contribution is -2.69. The SMILES string of the molecule is CC(=O)N[C@@](C(C)=O)(C(=O)Br)[C@@H](O)[C@@H](O)[C@H](O)CO. The first kappa shape index (κ1) is 18.1. The Morgan fingerprint density at radius 2 is 1.68 bits per heavy atom. The molecule has 0 aromatic carbocycles. The van der Waals surface area contributed by atoms with Gasteiger partial charge in [-0.3, -0.25) is 14.4 Å². The van der Waals surface area contributed by atoms with Gasteiger partial charge in [0.2, 0.25) is 10.6 Å². The lowest BCUT2D eigenvalue weighted by Gasteiger charge is -2.36. The van der Waals surface area contributed by atoms with Crippen molar-refractivity contribution in [3.05, 3.63) is 0 Å². The first-order chi connectivity index (χ1) is 8.61. The molecular formula is C10H16BrNO7. The monoisotopic (exact) mass is 341 g/mol. The van der Waals surface area contributed by atoms with E-state index >= 15 is 0 Å². The zero-order valence-electron chi connectivity index (χ0n) is 10.3. The molecule has 1 amide bonds. The van der Waals surface area contributed by atoms with Crippen molar-refractivity contribution in [1.29, 1.82) is 0 Å². The molecule has 0 radical (unpaired) electrons. The van der Waals surface area contributed by atoms with Gasteiger partial charge >= 0.3 is 0 Å². The molecule has 19 heavy (non-hydrogen) atoms. The van der Waals surface area contributed by atoms with Gasteiger partial charge in [0, 0.05) is 6.92 Å². The molecular weight excluding hydrogens is 326 g/mol. The average Bonchev–Trinajstić information content (AvgIpc) is 2.31. The molecule has 0 aliphatic heterocycles. The lowest BCUT2D eigenvalue weighted by molar-refractivity contribution is -0.152. The molecule has 0 rings (SSSR count). The fourth-order valence-corrected chi connectivity index (χ4v) is 2.14. The van der Waals surface area contributed by atoms with Crippen LogP contribution in [0.3, 0.4) is 0 Å². The van der Waals surface area contributed by atoms with Crippen LogP contribution >= 0.6 is 15.9 Å². The summed E-state index contributed by atoms with van der Waals surface area (Å²) in [5.74, 6) is -1.74. The van der Waals surface area contributed by atoms with Gasteiger partial charge in [-0.25, -0.2) is 0 Å². The number of carbonyl (C=O) groups is 3. The number of amides is 1. The fraction of sp³-hybridized carbons (Fsp3) is 0.700. The van der Waals surface area contributed by atoms with Crippen LogP contribution in [-0.2, 0) is 14.4 Å². The number of Topliss-reactive ketones (excluding diaryl/α,β-unsaturated/α-hetero) is 1. The number of ketones is 1. The van der Waals surface area contributed by atoms with E-state index in [1.54, 1.807) is 0 Å². The molecule has 0 heterocycles. The van der Waals surface area contributed by atoms with Gasteiger partial charge < -0.3 is 25.7 Å². The number of aliphatic hydroxyl groups excluding tert-OH is 4. The van der Waals surface area contributed by atoms with Crippen molar-refractivity contribution in [2.45, 2.75) is 37.7 Å². The van der Waals surface area contributed by atoms with Crippen molar-refractivity contribution in [1.82, 2.24) is 5.32 Å². The number of rotatable bonds is 7. The third-order valence-electron chi connectivity index (χ3n) is 2.59. The van der Waals surface area contributed by atoms with E-state index in [9.17, 15) is 29.7 Å². The van der Waals surface area contributed by atoms with Gasteiger partial charge in [-0.2, -0.15) is 0 Å². The molecule has 0 unspecified atom stereocenters. The van der Waals surface area contributed by atoms with Crippen molar-refractivity contribution in [2.75, 3.05) is 6.61 Å². The Labute approximate surface area is 117 Å². The number of aliphatic hydroxyl groups is 4. The van der Waals surface area contributed by atoms with Crippen LogP contribution in [0.15, 0.2) is 0 Å². The molecule has 8 nitrogen and oxygen atoms in total. The summed E-state index contributed by atoms with van der Waals surface area (Å²) < 4.78 is -1.08. The average molecular weight is 342 g/mol. The zero-order valence-corrected chi connectivity index (χ0v) is 11.9. The smallest absolute Gasteiger partial charge is 0.233 e. The predicted molar refractivity (Wildman–Crippen MR) is 66.3 cm³/mol. The van der Waals surface area contributed by atoms with Crippen LogP contribution in [0.2, 0.25) is 0 Å². The van der Waals surface area contributed by atoms with E-state index in [1.807, 2.05) is 5.32 Å². The molecule has 0 spiro atoms. The minimum Gasteiger partial charge on any atom is -0.394 e. The van der Waals surface area contributed by atoms with Gasteiger partial charge in [0.05, 0.1) is 6.61 Å². The van der Waals surface area contributed by atoms with Gasteiger partial charge in [0.15, 0.2) is 11.3 Å². The van der Waals surface area contributed by atoms with Gasteiger partial charge in [-0.1, -0.05) is 0 Å². The molecule has 0 bridgehead atoms. The number of hydrogen-bond donors (Lipinski definition) is 5. The third kappa shape index (κ3) is 3.80. The van der Waals surface area contributed by atoms with Crippen LogP contribution in [0.1, 0.15) is 13.8 Å². The van der Waals surface area contributed by atoms with Gasteiger partial charge in [-0.15, -0.1) is 0 Å². The van der Waals surface area contributed by atoms with Gasteiger partial charge in [-0.05, 0) is 22.9 Å². The second-order valence-electron chi connectivity index (χ2n) is 4.00. The minimum absolute atomic E-state index is 0.798. The third-order valence-corrected chi connectivity index (χ3v) is 3.21. The van der Waals surface area contributed by atoms with Crippen molar-refractivity contribution in [3.8, 4) is 0 Å². The molecule has 0 aromatic rings. The van der Waals surface area contributed by atoms with Crippen LogP contribution in [0, 0.1) is 0 Å². The number of hydrogen-bond acceptors (Lipinski definition) is 7. The Morgan fingerprint density at radius 3 is 1.95 bits per heavy atom. The Bertz CT molecular complexity index is 359. The summed E-state index contributed by atoms with van der Waals surface area (Å²) in [4.78, 5) is 34.3. The maximum atomic E-state index is 11.6. The van der Waals surface area contributed by atoms with Crippen molar-refractivity contribution in [2.24, 2.45) is 0 Å². The molecule has 0 saturated carbocycles. The summed E-state index contributed by atoms with van der Waals surface area (Å²) in [6, 6.07) is 0. The maximum absolute atomic E-state index is 11.6. The first-order valence-electron chi connectivity index (χ1n) is 5.26. The van der Waals surface area contributed by atoms with Crippen LogP contribution in [0.5, 0.6) is 0 Å². The number of halogens is 1. The van der Waals surface area contributed by atoms with Crippen molar-refractivity contribution < 1.29 is 34.8 Å². The van der Waals surface area contributed by atoms with Crippen LogP contribution in [0.25, 0.3) is 0 Å². The fourth-order valence-electron chi connectivity index (χ4n) is 1.53. The van der Waals surface area contributed by atoms with Crippen molar-refractivity contribution >= 4 is 32.3 Å². The molecule has 0 aromatic heterocycles. The Morgan fingerprint density at radius 1 is 1.21 bits per heavy atom. The zero-order chi connectivity index (χ0) is 15.4. The van der Waals surface area contributed by atoms with Crippen molar-refractivity contribution in [3.63, 3.8) is 0 Å². The highest BCUT2D eigenvalue weighted by Gasteiger charge is 2.53. The van der Waals surface area contributed by atoms with E-state index in [0.717, 1.165) is 13.8 Å². The Kier molecular flexibility index (Phi) is 6.73. The van der Waals surface area contributed by atoms with E-state index in [0.29, 0.717) is 0 Å². The van der Waals surface area contributed by atoms with E-state index in [1.165, 1.54) is 0 Å². The standard InChI is InChI=1S/C10H16BrNO7/c1-4(14)10(9(11)19,12-5(2)15)8(18)7(17)6(16)3-13/h6-8,13,16-18H,3H2,1-2H3,(H,12,15)/t6-,7+,8+,10-/m1/s1. The van der Waals surface area contributed by atoms with E-state index in [-0.39, 0.29) is 0 Å². The number of carbonyl (C=O) groups excluding carboxylic acids is 3. The summed E-state index contributed by atoms with van der Waals surface area (Å²) in [5.41, 5.74) is -2.44. The second-order valence-corrected chi connectivity index (χ2v) is 4.72. The summed E-state index contributed by atoms with van der Waals surface area (Å²) in [6.45, 7) is 1.04. The highest BCUT2D eigenvalue weighted by molar-refractivity contribution is 9.18. The number of nitrogens with one attached hydrogen (secondary N) is 1. The maximum Gasteiger partial charge on any atom is 0.233 e. The molecule has 0 fully saturated rings. The summed E-state index contributed by atoms with van der Waals surface area (Å²) in [6.07, 6.45) is -5.93. The first-order valence-corrected chi connectivity index (χ1v) is 6.05. The molecule has 110 valence electrons. The lowest BCUT2D eigenvalue weighted by atomic mass is 9.84. The van der Waals surface area contributed by atoms with Crippen LogP contribution in [0.4, 0.5) is 0 Å². The Hall–Kier alpha value is -0.870. The van der Waals surface area contributed by atoms with Gasteiger partial charge in [0.1, 0.15) is 18.3 Å². The van der Waals surface area contributed by atoms with Gasteiger partial charge in [0.25, 0.3) is 0 Å². The van der Waals surface area contributed by atoms with E-state index < -0.39 is 46.8 Å². The predicted octanol–water partition coefficient (Wildman–Crippen LogP) is -2.55. The molecule has 0 aliphatic carbocycles. The Balaban J connectivity index is 5.63. The quantitative estimate of drug-likeness (QED) is 0.253. The van der Waals surface area contributed by atoms with Crippen LogP contribution < -0.4 is 5.32 Å². The highest BCUT2D eigenvalue weighted by Crippen LogP contribution is 2.22. The normalized spacial score (nSPS) is 18.9. The summed E-state index contributed by atoms with van der Waals surface area (Å²) >= 11 is 2.48. The molecule has 5 N–H and O–H groups in total. The summed E-state index contributed by atoms with van der Waals surface area (Å²) in [5, 5.41) is 39.4. The second kappa shape index (κ2) is 7.06. The molecule has 0 aliphatic rings. The van der Waals surface area contributed by atoms with E-state index in [4.69, 9.17) is 5.11 Å². The molecule has 0 saturated heterocycles. The van der Waals surface area contributed by atoms with Crippen LogP contribution in [-0.4, -0.2) is 67.3 Å². The minimum atomic E-state index is -2.44. The van der Waals surface area contributed by atoms with E-state index in [2.05, 4.69) is 15.9 Å². The largest absolute Gasteiger partial charge is 0.394 e. The topological polar surface area (TPSA) is 144 Å². The molecule has 9 heteroatoms.